The highest BCUT2D eigenvalue weighted by Crippen LogP contribution is 2.28. The summed E-state index contributed by atoms with van der Waals surface area (Å²) in [6.07, 6.45) is 3.26. The van der Waals surface area contributed by atoms with Crippen molar-refractivity contribution in [3.8, 4) is 0 Å². The molecular formula is C18H17ClN8O2S. The van der Waals surface area contributed by atoms with Gasteiger partial charge in [-0.2, -0.15) is 10.2 Å². The van der Waals surface area contributed by atoms with Crippen molar-refractivity contribution in [1.29, 1.82) is 0 Å². The van der Waals surface area contributed by atoms with Gasteiger partial charge < -0.3 is 5.32 Å². The molecule has 1 aromatic carbocycles. The van der Waals surface area contributed by atoms with Crippen LogP contribution >= 0.6 is 22.9 Å². The van der Waals surface area contributed by atoms with Crippen LogP contribution in [0.4, 0.5) is 16.6 Å². The average molecular weight is 445 g/mol. The van der Waals surface area contributed by atoms with Crippen molar-refractivity contribution < 1.29 is 4.92 Å². The quantitative estimate of drug-likeness (QED) is 0.335. The van der Waals surface area contributed by atoms with Crippen LogP contribution in [0.1, 0.15) is 29.2 Å². The van der Waals surface area contributed by atoms with E-state index in [0.717, 1.165) is 5.56 Å². The number of hydrogen-bond acceptors (Lipinski definition) is 8. The molecule has 0 radical (unpaired) electrons. The Labute approximate surface area is 180 Å². The first-order valence-corrected chi connectivity index (χ1v) is 10.2. The molecule has 0 saturated heterocycles. The summed E-state index contributed by atoms with van der Waals surface area (Å²) in [6, 6.07) is 9.17. The van der Waals surface area contributed by atoms with Gasteiger partial charge in [-0.1, -0.05) is 41.1 Å². The van der Waals surface area contributed by atoms with Crippen LogP contribution in [0.25, 0.3) is 0 Å². The van der Waals surface area contributed by atoms with Crippen molar-refractivity contribution in [2.75, 3.05) is 5.32 Å². The number of aromatic nitrogens is 6. The molecule has 154 valence electrons. The van der Waals surface area contributed by atoms with Gasteiger partial charge in [0.25, 0.3) is 0 Å². The summed E-state index contributed by atoms with van der Waals surface area (Å²) in [6.45, 7) is 4.02. The van der Waals surface area contributed by atoms with Crippen LogP contribution in [0.3, 0.4) is 0 Å². The van der Waals surface area contributed by atoms with E-state index < -0.39 is 4.92 Å². The molecule has 12 heteroatoms. The Balaban J connectivity index is 1.45. The van der Waals surface area contributed by atoms with E-state index in [9.17, 15) is 10.1 Å². The van der Waals surface area contributed by atoms with Gasteiger partial charge in [0.15, 0.2) is 5.82 Å². The molecule has 0 aliphatic carbocycles. The second-order valence-electron chi connectivity index (χ2n) is 6.57. The van der Waals surface area contributed by atoms with Gasteiger partial charge in [-0.05, 0) is 25.5 Å². The second kappa shape index (κ2) is 8.20. The summed E-state index contributed by atoms with van der Waals surface area (Å²) in [5, 5.41) is 33.1. The van der Waals surface area contributed by atoms with Crippen molar-refractivity contribution in [3.63, 3.8) is 0 Å². The van der Waals surface area contributed by atoms with E-state index in [4.69, 9.17) is 11.6 Å². The number of rotatable bonds is 7. The first-order valence-electron chi connectivity index (χ1n) is 8.98. The molecular weight excluding hydrogens is 428 g/mol. The Kier molecular flexibility index (Phi) is 5.46. The molecule has 3 heterocycles. The van der Waals surface area contributed by atoms with E-state index in [1.165, 1.54) is 22.2 Å². The average Bonchev–Trinajstić information content (AvgIpc) is 3.44. The topological polar surface area (TPSA) is 117 Å². The Morgan fingerprint density at radius 2 is 2.07 bits per heavy atom. The summed E-state index contributed by atoms with van der Waals surface area (Å²) in [5.74, 6) is 0.628. The van der Waals surface area contributed by atoms with E-state index in [1.54, 1.807) is 11.6 Å². The molecule has 0 spiro atoms. The number of hydrogen-bond donors (Lipinski definition) is 1. The summed E-state index contributed by atoms with van der Waals surface area (Å²) < 4.78 is 3.30. The molecule has 0 saturated carbocycles. The van der Waals surface area contributed by atoms with Crippen LogP contribution < -0.4 is 5.32 Å². The maximum atomic E-state index is 11.0. The number of nitro groups is 1. The molecule has 4 aromatic rings. The van der Waals surface area contributed by atoms with Gasteiger partial charge in [-0.3, -0.25) is 19.5 Å². The third-order valence-corrected chi connectivity index (χ3v) is 5.83. The number of benzene rings is 1. The van der Waals surface area contributed by atoms with Gasteiger partial charge in [0.1, 0.15) is 22.9 Å². The Morgan fingerprint density at radius 3 is 2.80 bits per heavy atom. The fourth-order valence-corrected chi connectivity index (χ4v) is 3.83. The number of halogens is 1. The highest BCUT2D eigenvalue weighted by molar-refractivity contribution is 7.15. The molecule has 1 N–H and O–H groups in total. The van der Waals surface area contributed by atoms with E-state index in [2.05, 4.69) is 25.7 Å². The van der Waals surface area contributed by atoms with E-state index in [-0.39, 0.29) is 11.7 Å². The second-order valence-corrected chi connectivity index (χ2v) is 7.99. The van der Waals surface area contributed by atoms with Crippen LogP contribution in [-0.4, -0.2) is 34.7 Å². The normalized spacial score (nSPS) is 12.1. The lowest BCUT2D eigenvalue weighted by Gasteiger charge is -2.06. The number of anilines is 2. The van der Waals surface area contributed by atoms with Crippen LogP contribution in [0.5, 0.6) is 0 Å². The Hall–Kier alpha value is -3.31. The van der Waals surface area contributed by atoms with Crippen LogP contribution in [0, 0.1) is 17.0 Å². The van der Waals surface area contributed by atoms with Gasteiger partial charge in [-0.25, -0.2) is 0 Å². The molecule has 3 aromatic heterocycles. The summed E-state index contributed by atoms with van der Waals surface area (Å²) in [4.78, 5) is 10.6. The van der Waals surface area contributed by atoms with Crippen molar-refractivity contribution in [3.05, 3.63) is 74.1 Å². The minimum absolute atomic E-state index is 0.0197. The number of nitrogens with zero attached hydrogens (tertiary/aromatic N) is 7. The molecule has 1 atom stereocenters. The largest absolute Gasteiger partial charge is 0.313 e. The van der Waals surface area contributed by atoms with Gasteiger partial charge in [0.05, 0.1) is 11.5 Å². The summed E-state index contributed by atoms with van der Waals surface area (Å²) >= 11 is 7.54. The lowest BCUT2D eigenvalue weighted by atomic mass is 10.2. The first kappa shape index (κ1) is 20.0. The highest BCUT2D eigenvalue weighted by Gasteiger charge is 2.21. The Bertz CT molecular complexity index is 1200. The fourth-order valence-electron chi connectivity index (χ4n) is 2.84. The van der Waals surface area contributed by atoms with Gasteiger partial charge in [0, 0.05) is 17.3 Å². The standard InChI is InChI=1S/C18H17ClN8O2S/c1-11-15(27(28)29)10-26(23-11)12(2)17-21-22-18(30-17)20-16-7-8-25(24-16)9-13-5-3-4-6-14(13)19/h3-8,10,12H,9H2,1-2H3,(H,20,22,24). The monoisotopic (exact) mass is 444 g/mol. The zero-order chi connectivity index (χ0) is 21.3. The molecule has 10 nitrogen and oxygen atoms in total. The van der Waals surface area contributed by atoms with E-state index in [1.807, 2.05) is 43.5 Å². The van der Waals surface area contributed by atoms with Crippen molar-refractivity contribution in [2.24, 2.45) is 0 Å². The van der Waals surface area contributed by atoms with Gasteiger partial charge in [0.2, 0.25) is 5.13 Å². The lowest BCUT2D eigenvalue weighted by molar-refractivity contribution is -0.385. The first-order chi connectivity index (χ1) is 14.4. The van der Waals surface area contributed by atoms with Crippen molar-refractivity contribution in [1.82, 2.24) is 29.8 Å². The maximum absolute atomic E-state index is 11.0. The van der Waals surface area contributed by atoms with Crippen LogP contribution in [0.15, 0.2) is 42.7 Å². The minimum atomic E-state index is -0.447. The molecule has 0 aliphatic heterocycles. The molecule has 0 bridgehead atoms. The third-order valence-electron chi connectivity index (χ3n) is 4.45. The van der Waals surface area contributed by atoms with E-state index >= 15 is 0 Å². The van der Waals surface area contributed by atoms with Crippen LogP contribution in [-0.2, 0) is 6.54 Å². The maximum Gasteiger partial charge on any atom is 0.309 e. The number of nitrogens with one attached hydrogen (secondary N) is 1. The molecule has 0 amide bonds. The van der Waals surface area contributed by atoms with Gasteiger partial charge >= 0.3 is 5.69 Å². The minimum Gasteiger partial charge on any atom is -0.313 e. The smallest absolute Gasteiger partial charge is 0.309 e. The molecule has 30 heavy (non-hydrogen) atoms. The zero-order valence-electron chi connectivity index (χ0n) is 16.1. The summed E-state index contributed by atoms with van der Waals surface area (Å²) in [5.41, 5.74) is 1.32. The van der Waals surface area contributed by atoms with E-state index in [0.29, 0.717) is 33.2 Å². The predicted molar refractivity (Wildman–Crippen MR) is 113 cm³/mol. The highest BCUT2D eigenvalue weighted by atomic mass is 35.5. The van der Waals surface area contributed by atoms with Crippen molar-refractivity contribution in [2.45, 2.75) is 26.4 Å². The number of aryl methyl sites for hydroxylation is 1. The van der Waals surface area contributed by atoms with Crippen LogP contribution in [0.2, 0.25) is 5.02 Å². The summed E-state index contributed by atoms with van der Waals surface area (Å²) in [7, 11) is 0. The third kappa shape index (κ3) is 4.16. The molecule has 0 fully saturated rings. The lowest BCUT2D eigenvalue weighted by Crippen LogP contribution is -2.07. The molecule has 4 rings (SSSR count). The van der Waals surface area contributed by atoms with Crippen molar-refractivity contribution >= 4 is 39.6 Å². The zero-order valence-corrected chi connectivity index (χ0v) is 17.6. The fraction of sp³-hybridized carbons (Fsp3) is 0.222. The van der Waals surface area contributed by atoms with Gasteiger partial charge in [-0.15, -0.1) is 10.2 Å². The predicted octanol–water partition coefficient (Wildman–Crippen LogP) is 4.20. The molecule has 0 aliphatic rings. The SMILES string of the molecule is Cc1nn(C(C)c2nnc(Nc3ccn(Cc4ccccc4Cl)n3)s2)cc1[N+](=O)[O-]. The Morgan fingerprint density at radius 1 is 1.27 bits per heavy atom. The molecule has 1 unspecified atom stereocenters.